The number of rotatable bonds is 6. The van der Waals surface area contributed by atoms with Crippen molar-refractivity contribution in [1.29, 1.82) is 0 Å². The highest BCUT2D eigenvalue weighted by Crippen LogP contribution is 2.30. The third kappa shape index (κ3) is 3.76. The lowest BCUT2D eigenvalue weighted by Crippen LogP contribution is -2.46. The van der Waals surface area contributed by atoms with Crippen LogP contribution in [0.25, 0.3) is 0 Å². The summed E-state index contributed by atoms with van der Waals surface area (Å²) in [5.74, 6) is 0. The fourth-order valence-corrected chi connectivity index (χ4v) is 3.29. The van der Waals surface area contributed by atoms with Crippen LogP contribution in [-0.2, 0) is 6.54 Å². The number of aromatic nitrogens is 1. The molecule has 3 nitrogen and oxygen atoms in total. The van der Waals surface area contributed by atoms with E-state index in [0.29, 0.717) is 5.54 Å². The molecule has 17 heavy (non-hydrogen) atoms. The van der Waals surface area contributed by atoms with Crippen molar-refractivity contribution in [3.8, 4) is 0 Å². The molecule has 1 heterocycles. The van der Waals surface area contributed by atoms with Crippen molar-refractivity contribution in [3.63, 3.8) is 0 Å². The molecular weight excluding hydrogens is 230 g/mol. The minimum absolute atomic E-state index is 0.402. The van der Waals surface area contributed by atoms with Crippen LogP contribution in [0.5, 0.6) is 0 Å². The Morgan fingerprint density at radius 2 is 2.18 bits per heavy atom. The van der Waals surface area contributed by atoms with Gasteiger partial charge in [-0.05, 0) is 32.9 Å². The molecule has 0 amide bonds. The molecule has 4 heteroatoms. The van der Waals surface area contributed by atoms with E-state index in [-0.39, 0.29) is 0 Å². The summed E-state index contributed by atoms with van der Waals surface area (Å²) in [6, 6.07) is 0. The van der Waals surface area contributed by atoms with Crippen LogP contribution in [0.4, 0.5) is 0 Å². The van der Waals surface area contributed by atoms with Crippen LogP contribution in [0.1, 0.15) is 43.4 Å². The molecule has 0 aliphatic heterocycles. The molecular formula is C13H23N3S. The minimum atomic E-state index is 0.402. The Labute approximate surface area is 108 Å². The Morgan fingerprint density at radius 3 is 2.82 bits per heavy atom. The van der Waals surface area contributed by atoms with Gasteiger partial charge in [0.05, 0.1) is 5.51 Å². The molecule has 1 fully saturated rings. The lowest BCUT2D eigenvalue weighted by molar-refractivity contribution is 0.228. The highest BCUT2D eigenvalue weighted by atomic mass is 32.1. The molecule has 2 rings (SSSR count). The third-order valence-corrected chi connectivity index (χ3v) is 4.68. The van der Waals surface area contributed by atoms with Gasteiger partial charge in [0.1, 0.15) is 0 Å². The summed E-state index contributed by atoms with van der Waals surface area (Å²) in [4.78, 5) is 5.41. The first-order chi connectivity index (χ1) is 8.35. The van der Waals surface area contributed by atoms with E-state index in [4.69, 9.17) is 0 Å². The second-order valence-corrected chi connectivity index (χ2v) is 5.96. The van der Waals surface area contributed by atoms with Gasteiger partial charge in [-0.25, -0.2) is 0 Å². The van der Waals surface area contributed by atoms with Crippen molar-refractivity contribution in [2.45, 2.75) is 50.6 Å². The van der Waals surface area contributed by atoms with Crippen LogP contribution >= 0.6 is 11.3 Å². The van der Waals surface area contributed by atoms with E-state index in [1.165, 1.54) is 43.4 Å². The average molecular weight is 253 g/mol. The van der Waals surface area contributed by atoms with Gasteiger partial charge >= 0.3 is 0 Å². The fourth-order valence-electron chi connectivity index (χ4n) is 2.72. The first kappa shape index (κ1) is 13.0. The summed E-state index contributed by atoms with van der Waals surface area (Å²) >= 11 is 1.72. The molecule has 0 atom stereocenters. The van der Waals surface area contributed by atoms with E-state index in [2.05, 4.69) is 22.7 Å². The first-order valence-electron chi connectivity index (χ1n) is 6.62. The van der Waals surface area contributed by atoms with Gasteiger partial charge in [-0.1, -0.05) is 19.3 Å². The molecule has 1 aliphatic carbocycles. The summed E-state index contributed by atoms with van der Waals surface area (Å²) in [6.45, 7) is 2.06. The molecule has 0 aromatic carbocycles. The van der Waals surface area contributed by atoms with Gasteiger partial charge < -0.3 is 10.6 Å². The van der Waals surface area contributed by atoms with Gasteiger partial charge in [0.15, 0.2) is 0 Å². The predicted molar refractivity (Wildman–Crippen MR) is 73.3 cm³/mol. The summed E-state index contributed by atoms with van der Waals surface area (Å²) in [5, 5.41) is 7.09. The van der Waals surface area contributed by atoms with Crippen LogP contribution in [0.15, 0.2) is 11.7 Å². The zero-order chi connectivity index (χ0) is 12.0. The fraction of sp³-hybridized carbons (Fsp3) is 0.769. The number of thiazole rings is 1. The van der Waals surface area contributed by atoms with Crippen molar-refractivity contribution in [2.75, 3.05) is 13.6 Å². The summed E-state index contributed by atoms with van der Waals surface area (Å²) in [6.07, 6.45) is 10.1. The zero-order valence-corrected chi connectivity index (χ0v) is 11.5. The Kier molecular flexibility index (Phi) is 4.95. The second kappa shape index (κ2) is 6.47. The van der Waals surface area contributed by atoms with Gasteiger partial charge in [-0.15, -0.1) is 11.3 Å². The molecule has 1 aliphatic rings. The topological polar surface area (TPSA) is 37.0 Å². The Morgan fingerprint density at radius 1 is 1.35 bits per heavy atom. The smallest absolute Gasteiger partial charge is 0.0794 e. The maximum atomic E-state index is 4.09. The quantitative estimate of drug-likeness (QED) is 0.765. The molecule has 1 aromatic rings. The monoisotopic (exact) mass is 253 g/mol. The lowest BCUT2D eigenvalue weighted by atomic mass is 9.79. The Hall–Kier alpha value is -0.450. The second-order valence-electron chi connectivity index (χ2n) is 4.99. The number of nitrogens with zero attached hydrogens (tertiary/aromatic N) is 1. The molecule has 0 unspecified atom stereocenters. The van der Waals surface area contributed by atoms with E-state index >= 15 is 0 Å². The highest BCUT2D eigenvalue weighted by Gasteiger charge is 2.29. The summed E-state index contributed by atoms with van der Waals surface area (Å²) in [5.41, 5.74) is 2.30. The molecule has 2 N–H and O–H groups in total. The van der Waals surface area contributed by atoms with Crippen molar-refractivity contribution >= 4 is 11.3 Å². The van der Waals surface area contributed by atoms with Crippen LogP contribution in [-0.4, -0.2) is 24.1 Å². The maximum absolute atomic E-state index is 4.09. The molecule has 0 saturated heterocycles. The zero-order valence-electron chi connectivity index (χ0n) is 10.7. The van der Waals surface area contributed by atoms with Crippen molar-refractivity contribution in [1.82, 2.24) is 15.6 Å². The molecule has 0 radical (unpaired) electrons. The highest BCUT2D eigenvalue weighted by molar-refractivity contribution is 7.09. The summed E-state index contributed by atoms with van der Waals surface area (Å²) < 4.78 is 0. The van der Waals surface area contributed by atoms with Crippen molar-refractivity contribution in [3.05, 3.63) is 16.6 Å². The third-order valence-electron chi connectivity index (χ3n) is 3.90. The van der Waals surface area contributed by atoms with E-state index in [1.54, 1.807) is 11.3 Å². The Bertz CT molecular complexity index is 304. The lowest BCUT2D eigenvalue weighted by Gasteiger charge is -2.37. The van der Waals surface area contributed by atoms with Gasteiger partial charge in [-0.2, -0.15) is 0 Å². The van der Waals surface area contributed by atoms with Crippen LogP contribution in [0.2, 0.25) is 0 Å². The first-order valence-corrected chi connectivity index (χ1v) is 7.50. The maximum Gasteiger partial charge on any atom is 0.0794 e. The molecule has 1 saturated carbocycles. The van der Waals surface area contributed by atoms with Crippen molar-refractivity contribution in [2.24, 2.45) is 0 Å². The largest absolute Gasteiger partial charge is 0.314 e. The average Bonchev–Trinajstić information content (AvgIpc) is 2.89. The summed E-state index contributed by atoms with van der Waals surface area (Å²) in [7, 11) is 2.12. The van der Waals surface area contributed by atoms with Gasteiger partial charge in [0, 0.05) is 23.2 Å². The van der Waals surface area contributed by atoms with E-state index in [1.807, 2.05) is 11.7 Å². The van der Waals surface area contributed by atoms with Crippen molar-refractivity contribution < 1.29 is 0 Å². The molecule has 1 aromatic heterocycles. The van der Waals surface area contributed by atoms with Gasteiger partial charge in [0.25, 0.3) is 0 Å². The van der Waals surface area contributed by atoms with Gasteiger partial charge in [0.2, 0.25) is 0 Å². The van der Waals surface area contributed by atoms with E-state index in [0.717, 1.165) is 13.1 Å². The number of hydrogen-bond donors (Lipinski definition) is 2. The van der Waals surface area contributed by atoms with Crippen LogP contribution in [0.3, 0.4) is 0 Å². The minimum Gasteiger partial charge on any atom is -0.314 e. The standard InChI is InChI=1S/C13H23N3S/c1-14-13(5-3-2-4-6-13)7-8-15-9-12-10-16-11-17-12/h10-11,14-15H,2-9H2,1H3. The van der Waals surface area contributed by atoms with E-state index < -0.39 is 0 Å². The normalized spacial score (nSPS) is 19.4. The predicted octanol–water partition coefficient (Wildman–Crippen LogP) is 2.55. The van der Waals surface area contributed by atoms with Crippen LogP contribution in [0, 0.1) is 0 Å². The number of hydrogen-bond acceptors (Lipinski definition) is 4. The molecule has 96 valence electrons. The SMILES string of the molecule is CNC1(CCNCc2cncs2)CCCCC1. The molecule has 0 bridgehead atoms. The molecule has 0 spiro atoms. The van der Waals surface area contributed by atoms with Crippen LogP contribution < -0.4 is 10.6 Å². The van der Waals surface area contributed by atoms with Gasteiger partial charge in [-0.3, -0.25) is 4.98 Å². The number of nitrogens with one attached hydrogen (secondary N) is 2. The van der Waals surface area contributed by atoms with E-state index in [9.17, 15) is 0 Å². The Balaban J connectivity index is 1.69.